The first-order chi connectivity index (χ1) is 19.2. The second kappa shape index (κ2) is 13.5. The van der Waals surface area contributed by atoms with Gasteiger partial charge in [-0.15, -0.1) is 0 Å². The van der Waals surface area contributed by atoms with Gasteiger partial charge in [0.15, 0.2) is 0 Å². The Bertz CT molecular complexity index is 1180. The highest BCUT2D eigenvalue weighted by molar-refractivity contribution is 5.75. The van der Waals surface area contributed by atoms with E-state index in [1.165, 1.54) is 11.0 Å². The van der Waals surface area contributed by atoms with E-state index in [0.29, 0.717) is 75.0 Å². The summed E-state index contributed by atoms with van der Waals surface area (Å²) in [4.78, 5) is 27.8. The predicted molar refractivity (Wildman–Crippen MR) is 152 cm³/mol. The van der Waals surface area contributed by atoms with Crippen molar-refractivity contribution in [2.75, 3.05) is 39.9 Å². The summed E-state index contributed by atoms with van der Waals surface area (Å²) < 4.78 is 20.7. The summed E-state index contributed by atoms with van der Waals surface area (Å²) in [5, 5.41) is 24.9. The predicted octanol–water partition coefficient (Wildman–Crippen LogP) is 5.37. The average molecular weight is 556 g/mol. The van der Waals surface area contributed by atoms with Gasteiger partial charge >= 0.3 is 12.1 Å². The molecule has 3 amide bonds. The minimum Gasteiger partial charge on any atom is -0.465 e. The molecule has 2 heterocycles. The maximum atomic E-state index is 15.5. The molecule has 218 valence electrons. The highest BCUT2D eigenvalue weighted by atomic mass is 19.1. The van der Waals surface area contributed by atoms with Crippen molar-refractivity contribution in [2.24, 2.45) is 5.92 Å². The Morgan fingerprint density at radius 1 is 1.07 bits per heavy atom. The molecule has 2 aliphatic heterocycles. The summed E-state index contributed by atoms with van der Waals surface area (Å²) in [6.07, 6.45) is 3.70. The first-order valence-corrected chi connectivity index (χ1v) is 14.3. The Morgan fingerprint density at radius 3 is 2.58 bits per heavy atom. The van der Waals surface area contributed by atoms with Gasteiger partial charge in [0.1, 0.15) is 5.82 Å². The van der Waals surface area contributed by atoms with Gasteiger partial charge in [0.25, 0.3) is 0 Å². The minimum absolute atomic E-state index is 0.248. The average Bonchev–Trinajstić information content (AvgIpc) is 2.95. The Kier molecular flexibility index (Phi) is 10.0. The maximum absolute atomic E-state index is 15.5. The van der Waals surface area contributed by atoms with Gasteiger partial charge in [-0.05, 0) is 69.1 Å². The maximum Gasteiger partial charge on any atom is 0.407 e. The number of aryl methyl sites for hydroxylation is 1. The number of piperidine rings is 2. The van der Waals surface area contributed by atoms with E-state index in [2.05, 4.69) is 5.32 Å². The van der Waals surface area contributed by atoms with Crippen LogP contribution < -0.4 is 5.32 Å². The van der Waals surface area contributed by atoms with Gasteiger partial charge in [-0.3, -0.25) is 0 Å². The summed E-state index contributed by atoms with van der Waals surface area (Å²) in [6.45, 7) is 4.14. The monoisotopic (exact) mass is 555 g/mol. The molecule has 8 nitrogen and oxygen atoms in total. The van der Waals surface area contributed by atoms with E-state index in [4.69, 9.17) is 4.74 Å². The molecule has 2 aliphatic rings. The number of ether oxygens (including phenoxy) is 1. The number of halogens is 1. The third-order valence-electron chi connectivity index (χ3n) is 8.35. The Hall–Kier alpha value is -3.17. The lowest BCUT2D eigenvalue weighted by Gasteiger charge is -2.44. The third-order valence-corrected chi connectivity index (χ3v) is 8.35. The zero-order valence-electron chi connectivity index (χ0n) is 23.6. The topological polar surface area (TPSA) is 102 Å². The number of aliphatic hydroxyl groups is 1. The van der Waals surface area contributed by atoms with Crippen LogP contribution in [0.25, 0.3) is 11.1 Å². The quantitative estimate of drug-likeness (QED) is 0.361. The van der Waals surface area contributed by atoms with Crippen LogP contribution in [0.2, 0.25) is 0 Å². The molecule has 3 atom stereocenters. The number of rotatable bonds is 9. The third kappa shape index (κ3) is 6.93. The number of likely N-dealkylation sites (tertiary alicyclic amines) is 2. The lowest BCUT2D eigenvalue weighted by molar-refractivity contribution is -0.0561. The van der Waals surface area contributed by atoms with E-state index in [1.54, 1.807) is 18.1 Å². The number of hydrogen-bond donors (Lipinski definition) is 3. The summed E-state index contributed by atoms with van der Waals surface area (Å²) in [7, 11) is 1.65. The van der Waals surface area contributed by atoms with Crippen LogP contribution in [0.5, 0.6) is 0 Å². The summed E-state index contributed by atoms with van der Waals surface area (Å²) >= 11 is 0. The highest BCUT2D eigenvalue weighted by Crippen LogP contribution is 2.44. The molecule has 2 aromatic rings. The van der Waals surface area contributed by atoms with E-state index in [-0.39, 0.29) is 30.4 Å². The molecular weight excluding hydrogens is 513 g/mol. The number of carbonyl (C=O) groups is 2. The fraction of sp³-hybridized carbons (Fsp3) is 0.548. The van der Waals surface area contributed by atoms with Gasteiger partial charge in [0.2, 0.25) is 0 Å². The Balaban J connectivity index is 1.60. The first-order valence-electron chi connectivity index (χ1n) is 14.3. The van der Waals surface area contributed by atoms with Crippen LogP contribution in [0.3, 0.4) is 0 Å². The standard InChI is InChI=1S/C31H42FN3O5/c1-22-9-5-10-23(19-22)28-26(13-6-14-27(28)32)31(39,15-3-4-18-40-2)24-11-7-16-34(20-24)29(36)33-25-12-8-17-35(21-25)30(37)38/h5-6,9-10,13-14,19,24-25,39H,3-4,7-8,11-12,15-18,20-21H2,1-2H3,(H,33,36)(H,37,38)/t24?,25?,31-/m0/s1. The second-order valence-corrected chi connectivity index (χ2v) is 11.2. The number of nitrogens with zero attached hydrogens (tertiary/aromatic N) is 2. The normalized spacial score (nSPS) is 21.1. The van der Waals surface area contributed by atoms with Gasteiger partial charge in [0.05, 0.1) is 5.60 Å². The lowest BCUT2D eigenvalue weighted by Crippen LogP contribution is -2.55. The molecule has 0 spiro atoms. The number of urea groups is 1. The van der Waals surface area contributed by atoms with Crippen LogP contribution in [0.15, 0.2) is 42.5 Å². The van der Waals surface area contributed by atoms with Crippen molar-refractivity contribution in [1.82, 2.24) is 15.1 Å². The van der Waals surface area contributed by atoms with E-state index in [0.717, 1.165) is 18.4 Å². The molecule has 3 N–H and O–H groups in total. The van der Waals surface area contributed by atoms with Gasteiger partial charge in [0, 0.05) is 57.4 Å². The van der Waals surface area contributed by atoms with Crippen molar-refractivity contribution in [3.63, 3.8) is 0 Å². The molecule has 0 saturated carbocycles. The van der Waals surface area contributed by atoms with Crippen molar-refractivity contribution < 1.29 is 28.9 Å². The van der Waals surface area contributed by atoms with Crippen LogP contribution in [0.1, 0.15) is 56.1 Å². The van der Waals surface area contributed by atoms with Crippen molar-refractivity contribution in [1.29, 1.82) is 0 Å². The molecule has 2 saturated heterocycles. The number of benzene rings is 2. The molecule has 0 bridgehead atoms. The Labute approximate surface area is 236 Å². The molecule has 40 heavy (non-hydrogen) atoms. The number of amides is 3. The van der Waals surface area contributed by atoms with Crippen LogP contribution in [-0.2, 0) is 10.3 Å². The van der Waals surface area contributed by atoms with Crippen LogP contribution >= 0.6 is 0 Å². The molecule has 2 aromatic carbocycles. The van der Waals surface area contributed by atoms with E-state index in [1.807, 2.05) is 37.3 Å². The molecule has 0 aliphatic carbocycles. The van der Waals surface area contributed by atoms with Gasteiger partial charge < -0.3 is 30.1 Å². The van der Waals surface area contributed by atoms with Gasteiger partial charge in [-0.25, -0.2) is 14.0 Å². The molecule has 2 unspecified atom stereocenters. The Morgan fingerprint density at radius 2 is 1.82 bits per heavy atom. The molecule has 2 fully saturated rings. The fourth-order valence-electron chi connectivity index (χ4n) is 6.26. The van der Waals surface area contributed by atoms with E-state index in [9.17, 15) is 19.8 Å². The van der Waals surface area contributed by atoms with Crippen molar-refractivity contribution in [3.8, 4) is 11.1 Å². The molecular formula is C31H42FN3O5. The van der Waals surface area contributed by atoms with E-state index < -0.39 is 11.7 Å². The lowest BCUT2D eigenvalue weighted by atomic mass is 9.72. The fourth-order valence-corrected chi connectivity index (χ4v) is 6.26. The van der Waals surface area contributed by atoms with E-state index >= 15 is 4.39 Å². The molecule has 0 aromatic heterocycles. The van der Waals surface area contributed by atoms with Gasteiger partial charge in [-0.2, -0.15) is 0 Å². The number of hydrogen-bond acceptors (Lipinski definition) is 4. The smallest absolute Gasteiger partial charge is 0.407 e. The van der Waals surface area contributed by atoms with Gasteiger partial charge in [-0.1, -0.05) is 42.0 Å². The minimum atomic E-state index is -1.36. The van der Waals surface area contributed by atoms with Crippen molar-refractivity contribution in [2.45, 2.75) is 63.5 Å². The van der Waals surface area contributed by atoms with Crippen molar-refractivity contribution in [3.05, 3.63) is 59.4 Å². The molecule has 9 heteroatoms. The number of carbonyl (C=O) groups excluding carboxylic acids is 1. The first kappa shape index (κ1) is 29.8. The number of carboxylic acid groups (broad SMARTS) is 1. The number of unbranched alkanes of at least 4 members (excludes halogenated alkanes) is 1. The summed E-state index contributed by atoms with van der Waals surface area (Å²) in [5.41, 5.74) is 1.30. The zero-order valence-corrected chi connectivity index (χ0v) is 23.6. The van der Waals surface area contributed by atoms with Crippen LogP contribution in [-0.4, -0.2) is 78.1 Å². The number of methoxy groups -OCH3 is 1. The van der Waals surface area contributed by atoms with Crippen LogP contribution in [0, 0.1) is 18.7 Å². The SMILES string of the molecule is COCCCC[C@@](O)(c1cccc(F)c1-c1cccc(C)c1)C1CCCN(C(=O)NC2CCCN(C(=O)O)C2)C1. The number of nitrogens with one attached hydrogen (secondary N) is 1. The molecule has 4 rings (SSSR count). The highest BCUT2D eigenvalue weighted by Gasteiger charge is 2.43. The largest absolute Gasteiger partial charge is 0.465 e. The van der Waals surface area contributed by atoms with Crippen molar-refractivity contribution >= 4 is 12.1 Å². The second-order valence-electron chi connectivity index (χ2n) is 11.2. The summed E-state index contributed by atoms with van der Waals surface area (Å²) in [5.74, 6) is -0.689. The molecule has 0 radical (unpaired) electrons. The summed E-state index contributed by atoms with van der Waals surface area (Å²) in [6, 6.07) is 12.0. The zero-order chi connectivity index (χ0) is 28.7. The van der Waals surface area contributed by atoms with Crippen LogP contribution in [0.4, 0.5) is 14.0 Å².